The van der Waals surface area contributed by atoms with Crippen molar-refractivity contribution in [3.63, 3.8) is 0 Å². The molecule has 0 spiro atoms. The van der Waals surface area contributed by atoms with E-state index in [9.17, 15) is 14.9 Å². The van der Waals surface area contributed by atoms with Crippen molar-refractivity contribution in [2.45, 2.75) is 13.3 Å². The zero-order chi connectivity index (χ0) is 11.4. The number of nitro benzene ring substituents is 1. The fraction of sp³-hybridized carbons (Fsp3) is 0.300. The lowest BCUT2D eigenvalue weighted by atomic mass is 10.1. The highest BCUT2D eigenvalue weighted by atomic mass is 16.6. The third-order valence-electron chi connectivity index (χ3n) is 1.95. The average Bonchev–Trinajstić information content (AvgIpc) is 2.16. The van der Waals surface area contributed by atoms with Gasteiger partial charge in [-0.3, -0.25) is 14.9 Å². The second-order valence-electron chi connectivity index (χ2n) is 3.09. The van der Waals surface area contributed by atoms with Gasteiger partial charge >= 0.3 is 0 Å². The summed E-state index contributed by atoms with van der Waals surface area (Å²) in [7, 11) is 1.42. The van der Waals surface area contributed by atoms with E-state index in [-0.39, 0.29) is 17.9 Å². The molecule has 0 aliphatic rings. The van der Waals surface area contributed by atoms with Gasteiger partial charge in [0.2, 0.25) is 0 Å². The Morgan fingerprint density at radius 2 is 2.20 bits per heavy atom. The molecule has 0 saturated heterocycles. The maximum Gasteiger partial charge on any atom is 0.276 e. The van der Waals surface area contributed by atoms with Crippen LogP contribution < -0.4 is 4.74 Å². The molecule has 0 fully saturated rings. The van der Waals surface area contributed by atoms with E-state index in [1.54, 1.807) is 6.07 Å². The van der Waals surface area contributed by atoms with Crippen LogP contribution in [0.25, 0.3) is 0 Å². The highest BCUT2D eigenvalue weighted by molar-refractivity contribution is 5.80. The smallest absolute Gasteiger partial charge is 0.276 e. The molecule has 0 saturated carbocycles. The second kappa shape index (κ2) is 4.54. The van der Waals surface area contributed by atoms with Crippen LogP contribution >= 0.6 is 0 Å². The maximum atomic E-state index is 11.0. The standard InChI is InChI=1S/C10H11NO4/c1-7(12)6-8-9(11(13)14)4-3-5-10(8)15-2/h3-5H,6H2,1-2H3. The first kappa shape index (κ1) is 11.2. The molecule has 5 heteroatoms. The Hall–Kier alpha value is -1.91. The Morgan fingerprint density at radius 1 is 1.53 bits per heavy atom. The summed E-state index contributed by atoms with van der Waals surface area (Å²) in [6, 6.07) is 4.49. The molecule has 5 nitrogen and oxygen atoms in total. The quantitative estimate of drug-likeness (QED) is 0.559. The highest BCUT2D eigenvalue weighted by Crippen LogP contribution is 2.28. The second-order valence-corrected chi connectivity index (χ2v) is 3.09. The van der Waals surface area contributed by atoms with Crippen LogP contribution in [0.3, 0.4) is 0 Å². The van der Waals surface area contributed by atoms with E-state index in [1.807, 2.05) is 0 Å². The lowest BCUT2D eigenvalue weighted by Gasteiger charge is -2.06. The van der Waals surface area contributed by atoms with E-state index in [4.69, 9.17) is 4.74 Å². The fourth-order valence-corrected chi connectivity index (χ4v) is 1.34. The van der Waals surface area contributed by atoms with Crippen LogP contribution in [0.15, 0.2) is 18.2 Å². The molecule has 0 N–H and O–H groups in total. The number of hydrogen-bond donors (Lipinski definition) is 0. The first-order chi connectivity index (χ1) is 7.06. The van der Waals surface area contributed by atoms with E-state index in [0.29, 0.717) is 11.3 Å². The Balaban J connectivity index is 3.26. The van der Waals surface area contributed by atoms with Crippen LogP contribution in [0.2, 0.25) is 0 Å². The van der Waals surface area contributed by atoms with E-state index >= 15 is 0 Å². The summed E-state index contributed by atoms with van der Waals surface area (Å²) in [5.41, 5.74) is 0.252. The van der Waals surface area contributed by atoms with Crippen molar-refractivity contribution in [3.05, 3.63) is 33.9 Å². The van der Waals surface area contributed by atoms with Crippen molar-refractivity contribution in [1.29, 1.82) is 0 Å². The van der Waals surface area contributed by atoms with Gasteiger partial charge in [0.25, 0.3) is 5.69 Å². The zero-order valence-corrected chi connectivity index (χ0v) is 8.52. The molecule has 0 bridgehead atoms. The number of benzene rings is 1. The summed E-state index contributed by atoms with van der Waals surface area (Å²) < 4.78 is 4.98. The van der Waals surface area contributed by atoms with Gasteiger partial charge in [-0.25, -0.2) is 0 Å². The van der Waals surface area contributed by atoms with E-state index < -0.39 is 4.92 Å². The molecule has 0 heterocycles. The van der Waals surface area contributed by atoms with Gasteiger partial charge < -0.3 is 4.74 Å². The summed E-state index contributed by atoms with van der Waals surface area (Å²) >= 11 is 0. The molecular weight excluding hydrogens is 198 g/mol. The lowest BCUT2D eigenvalue weighted by molar-refractivity contribution is -0.385. The van der Waals surface area contributed by atoms with Gasteiger partial charge in [0.15, 0.2) is 0 Å². The summed E-state index contributed by atoms with van der Waals surface area (Å²) in [6.45, 7) is 1.39. The minimum absolute atomic E-state index is 0.0142. The van der Waals surface area contributed by atoms with Crippen LogP contribution in [0.5, 0.6) is 5.75 Å². The molecule has 0 radical (unpaired) electrons. The summed E-state index contributed by atoms with van der Waals surface area (Å²) in [5, 5.41) is 10.7. The molecule has 1 aromatic carbocycles. The van der Waals surface area contributed by atoms with Gasteiger partial charge in [-0.2, -0.15) is 0 Å². The number of methoxy groups -OCH3 is 1. The number of rotatable bonds is 4. The zero-order valence-electron chi connectivity index (χ0n) is 8.52. The normalized spacial score (nSPS) is 9.73. The number of carbonyl (C=O) groups excluding carboxylic acids is 1. The number of Topliss-reactive ketones (excluding diaryl/α,β-unsaturated/α-hetero) is 1. The molecule has 1 aromatic rings. The number of nitrogens with zero attached hydrogens (tertiary/aromatic N) is 1. The van der Waals surface area contributed by atoms with E-state index in [1.165, 1.54) is 26.2 Å². The number of ketones is 1. The molecular formula is C10H11NO4. The van der Waals surface area contributed by atoms with Gasteiger partial charge in [0.05, 0.1) is 17.6 Å². The molecule has 0 atom stereocenters. The van der Waals surface area contributed by atoms with Crippen LogP contribution in [0, 0.1) is 10.1 Å². The monoisotopic (exact) mass is 209 g/mol. The summed E-state index contributed by atoms with van der Waals surface area (Å²) in [5.74, 6) is 0.238. The first-order valence-electron chi connectivity index (χ1n) is 4.36. The fourth-order valence-electron chi connectivity index (χ4n) is 1.34. The molecule has 15 heavy (non-hydrogen) atoms. The van der Waals surface area contributed by atoms with Crippen molar-refractivity contribution >= 4 is 11.5 Å². The lowest BCUT2D eigenvalue weighted by Crippen LogP contribution is -2.03. The van der Waals surface area contributed by atoms with Crippen LogP contribution in [0.4, 0.5) is 5.69 Å². The van der Waals surface area contributed by atoms with E-state index in [2.05, 4.69) is 0 Å². The number of ether oxygens (including phenoxy) is 1. The van der Waals surface area contributed by atoms with Gasteiger partial charge in [-0.15, -0.1) is 0 Å². The highest BCUT2D eigenvalue weighted by Gasteiger charge is 2.18. The number of carbonyl (C=O) groups is 1. The molecule has 80 valence electrons. The summed E-state index contributed by atoms with van der Waals surface area (Å²) in [6.07, 6.45) is 0.0142. The Morgan fingerprint density at radius 3 is 2.67 bits per heavy atom. The predicted octanol–water partition coefficient (Wildman–Crippen LogP) is 1.73. The topological polar surface area (TPSA) is 69.4 Å². The van der Waals surface area contributed by atoms with Gasteiger partial charge in [-0.1, -0.05) is 6.07 Å². The Bertz CT molecular complexity index is 400. The SMILES string of the molecule is COc1cccc([N+](=O)[O-])c1CC(C)=O. The van der Waals surface area contributed by atoms with Gasteiger partial charge in [0.1, 0.15) is 11.5 Å². The molecule has 1 rings (SSSR count). The number of hydrogen-bond acceptors (Lipinski definition) is 4. The van der Waals surface area contributed by atoms with E-state index in [0.717, 1.165) is 0 Å². The largest absolute Gasteiger partial charge is 0.496 e. The first-order valence-corrected chi connectivity index (χ1v) is 4.36. The third kappa shape index (κ3) is 2.52. The van der Waals surface area contributed by atoms with Gasteiger partial charge in [0, 0.05) is 12.5 Å². The molecule has 0 aliphatic heterocycles. The van der Waals surface area contributed by atoms with Crippen molar-refractivity contribution < 1.29 is 14.5 Å². The van der Waals surface area contributed by atoms with Crippen molar-refractivity contribution in [1.82, 2.24) is 0 Å². The Kier molecular flexibility index (Phi) is 3.38. The molecule has 0 unspecified atom stereocenters. The minimum atomic E-state index is -0.513. The van der Waals surface area contributed by atoms with Crippen LogP contribution in [0.1, 0.15) is 12.5 Å². The molecule has 0 aromatic heterocycles. The van der Waals surface area contributed by atoms with Crippen molar-refractivity contribution in [3.8, 4) is 5.75 Å². The third-order valence-corrected chi connectivity index (χ3v) is 1.95. The number of nitro groups is 1. The molecule has 0 amide bonds. The van der Waals surface area contributed by atoms with Crippen LogP contribution in [-0.4, -0.2) is 17.8 Å². The van der Waals surface area contributed by atoms with Crippen molar-refractivity contribution in [2.24, 2.45) is 0 Å². The van der Waals surface area contributed by atoms with Gasteiger partial charge in [-0.05, 0) is 13.0 Å². The minimum Gasteiger partial charge on any atom is -0.496 e. The maximum absolute atomic E-state index is 11.0. The summed E-state index contributed by atoms with van der Waals surface area (Å²) in [4.78, 5) is 21.2. The Labute approximate surface area is 86.8 Å². The van der Waals surface area contributed by atoms with Crippen molar-refractivity contribution in [2.75, 3.05) is 7.11 Å². The molecule has 0 aliphatic carbocycles. The predicted molar refractivity (Wildman–Crippen MR) is 54.0 cm³/mol. The van der Waals surface area contributed by atoms with Crippen LogP contribution in [-0.2, 0) is 11.2 Å². The average molecular weight is 209 g/mol.